The van der Waals surface area contributed by atoms with Gasteiger partial charge in [-0.15, -0.1) is 0 Å². The zero-order valence-electron chi connectivity index (χ0n) is 16.6. The molecule has 0 aliphatic heterocycles. The van der Waals surface area contributed by atoms with Crippen molar-refractivity contribution in [1.82, 2.24) is 20.1 Å². The van der Waals surface area contributed by atoms with E-state index in [4.69, 9.17) is 0 Å². The Labute approximate surface area is 164 Å². The number of carbonyl (C=O) groups excluding carboxylic acids is 1. The second-order valence-corrected chi connectivity index (χ2v) is 7.33. The van der Waals surface area contributed by atoms with Crippen LogP contribution in [0.4, 0.5) is 0 Å². The predicted molar refractivity (Wildman–Crippen MR) is 112 cm³/mol. The molecule has 142 valence electrons. The number of nitrogens with one attached hydrogen (secondary N) is 2. The van der Waals surface area contributed by atoms with Crippen LogP contribution in [-0.4, -0.2) is 20.7 Å². The number of hydrogen-bond acceptors (Lipinski definition) is 2. The fourth-order valence-electron chi connectivity index (χ4n) is 3.77. The van der Waals surface area contributed by atoms with E-state index >= 15 is 0 Å². The fraction of sp³-hybridized carbons (Fsp3) is 0.217. The van der Waals surface area contributed by atoms with Gasteiger partial charge in [0.1, 0.15) is 5.69 Å². The van der Waals surface area contributed by atoms with E-state index in [1.54, 1.807) is 4.68 Å². The van der Waals surface area contributed by atoms with Gasteiger partial charge in [0.2, 0.25) is 0 Å². The van der Waals surface area contributed by atoms with Crippen LogP contribution in [0.2, 0.25) is 0 Å². The first-order valence-corrected chi connectivity index (χ1v) is 9.43. The number of nitrogens with zero attached hydrogens (tertiary/aromatic N) is 2. The van der Waals surface area contributed by atoms with Crippen molar-refractivity contribution in [2.24, 2.45) is 7.05 Å². The molecule has 2 aromatic carbocycles. The Bertz CT molecular complexity index is 1150. The minimum absolute atomic E-state index is 0.122. The third kappa shape index (κ3) is 3.20. The van der Waals surface area contributed by atoms with E-state index in [9.17, 15) is 4.79 Å². The van der Waals surface area contributed by atoms with Crippen molar-refractivity contribution in [2.75, 3.05) is 0 Å². The Morgan fingerprint density at radius 3 is 2.57 bits per heavy atom. The molecule has 2 N–H and O–H groups in total. The number of fused-ring (bicyclic) bond motifs is 1. The van der Waals surface area contributed by atoms with Crippen LogP contribution in [-0.2, 0) is 7.05 Å². The second kappa shape index (κ2) is 7.00. The number of hydrogen-bond donors (Lipinski definition) is 2. The SMILES string of the molecule is Cc1ccc2[nH]c(C(=O)N[C@H](C)c3cn(C)nc3C)c(-c3ccccc3)c2c1. The van der Waals surface area contributed by atoms with Gasteiger partial charge < -0.3 is 10.3 Å². The maximum atomic E-state index is 13.2. The first-order valence-electron chi connectivity index (χ1n) is 9.43. The van der Waals surface area contributed by atoms with Crippen LogP contribution in [0.1, 0.15) is 40.3 Å². The molecule has 0 spiro atoms. The lowest BCUT2D eigenvalue weighted by molar-refractivity contribution is 0.0936. The topological polar surface area (TPSA) is 62.7 Å². The molecule has 0 radical (unpaired) electrons. The van der Waals surface area contributed by atoms with Crippen molar-refractivity contribution in [1.29, 1.82) is 0 Å². The van der Waals surface area contributed by atoms with Crippen LogP contribution < -0.4 is 5.32 Å². The lowest BCUT2D eigenvalue weighted by Crippen LogP contribution is -2.27. The lowest BCUT2D eigenvalue weighted by Gasteiger charge is -2.14. The monoisotopic (exact) mass is 372 g/mol. The maximum Gasteiger partial charge on any atom is 0.268 e. The molecule has 1 amide bonds. The number of rotatable bonds is 4. The molecule has 0 saturated heterocycles. The van der Waals surface area contributed by atoms with Crippen molar-refractivity contribution in [3.8, 4) is 11.1 Å². The van der Waals surface area contributed by atoms with Gasteiger partial charge in [-0.2, -0.15) is 5.10 Å². The van der Waals surface area contributed by atoms with Crippen LogP contribution in [0.15, 0.2) is 54.7 Å². The third-order valence-electron chi connectivity index (χ3n) is 5.11. The number of carbonyl (C=O) groups is 1. The van der Waals surface area contributed by atoms with E-state index in [0.29, 0.717) is 5.69 Å². The molecule has 0 aliphatic rings. The Morgan fingerprint density at radius 2 is 1.89 bits per heavy atom. The summed E-state index contributed by atoms with van der Waals surface area (Å²) >= 11 is 0. The van der Waals surface area contributed by atoms with E-state index in [1.165, 1.54) is 0 Å². The van der Waals surface area contributed by atoms with Crippen molar-refractivity contribution in [3.63, 3.8) is 0 Å². The molecule has 28 heavy (non-hydrogen) atoms. The van der Waals surface area contributed by atoms with Gasteiger partial charge >= 0.3 is 0 Å². The van der Waals surface area contributed by atoms with Gasteiger partial charge in [0.15, 0.2) is 0 Å². The molecular formula is C23H24N4O. The van der Waals surface area contributed by atoms with E-state index in [0.717, 1.165) is 38.9 Å². The fourth-order valence-corrected chi connectivity index (χ4v) is 3.77. The molecule has 5 nitrogen and oxygen atoms in total. The molecule has 1 atom stereocenters. The lowest BCUT2D eigenvalue weighted by atomic mass is 10.00. The Kier molecular flexibility index (Phi) is 4.51. The van der Waals surface area contributed by atoms with Crippen LogP contribution >= 0.6 is 0 Å². The number of aryl methyl sites for hydroxylation is 3. The summed E-state index contributed by atoms with van der Waals surface area (Å²) in [6, 6.07) is 16.1. The second-order valence-electron chi connectivity index (χ2n) is 7.33. The highest BCUT2D eigenvalue weighted by atomic mass is 16.1. The molecule has 4 rings (SSSR count). The smallest absolute Gasteiger partial charge is 0.268 e. The average Bonchev–Trinajstić information content (AvgIpc) is 3.21. The van der Waals surface area contributed by atoms with Gasteiger partial charge in [0.25, 0.3) is 5.91 Å². The van der Waals surface area contributed by atoms with E-state index < -0.39 is 0 Å². The van der Waals surface area contributed by atoms with Crippen LogP contribution in [0.5, 0.6) is 0 Å². The molecular weight excluding hydrogens is 348 g/mol. The average molecular weight is 372 g/mol. The van der Waals surface area contributed by atoms with E-state index in [1.807, 2.05) is 63.5 Å². The molecule has 0 aliphatic carbocycles. The molecule has 0 fully saturated rings. The van der Waals surface area contributed by atoms with Crippen molar-refractivity contribution in [3.05, 3.63) is 77.2 Å². The molecule has 2 aromatic heterocycles. The number of aromatic amines is 1. The number of benzene rings is 2. The minimum Gasteiger partial charge on any atom is -0.350 e. The van der Waals surface area contributed by atoms with E-state index in [-0.39, 0.29) is 11.9 Å². The van der Waals surface area contributed by atoms with Gasteiger partial charge in [0.05, 0.1) is 11.7 Å². The maximum absolute atomic E-state index is 13.2. The van der Waals surface area contributed by atoms with Gasteiger partial charge in [-0.1, -0.05) is 42.0 Å². The quantitative estimate of drug-likeness (QED) is 0.546. The highest BCUT2D eigenvalue weighted by Gasteiger charge is 2.22. The van der Waals surface area contributed by atoms with Gasteiger partial charge in [0, 0.05) is 35.3 Å². The minimum atomic E-state index is -0.141. The summed E-state index contributed by atoms with van der Waals surface area (Å²) in [6.45, 7) is 6.00. The van der Waals surface area contributed by atoms with Crippen molar-refractivity contribution < 1.29 is 4.79 Å². The highest BCUT2D eigenvalue weighted by molar-refractivity contribution is 6.09. The summed E-state index contributed by atoms with van der Waals surface area (Å²) in [5.41, 5.74) is 6.60. The summed E-state index contributed by atoms with van der Waals surface area (Å²) in [5.74, 6) is -0.122. The Morgan fingerprint density at radius 1 is 1.14 bits per heavy atom. The predicted octanol–water partition coefficient (Wildman–Crippen LogP) is 4.68. The van der Waals surface area contributed by atoms with Gasteiger partial charge in [-0.05, 0) is 38.5 Å². The van der Waals surface area contributed by atoms with Crippen molar-refractivity contribution >= 4 is 16.8 Å². The third-order valence-corrected chi connectivity index (χ3v) is 5.11. The van der Waals surface area contributed by atoms with Crippen LogP contribution in [0.3, 0.4) is 0 Å². The number of amides is 1. The first kappa shape index (κ1) is 18.0. The van der Waals surface area contributed by atoms with Crippen LogP contribution in [0, 0.1) is 13.8 Å². The molecule has 5 heteroatoms. The standard InChI is InChI=1S/C23H24N4O/c1-14-10-11-20-18(12-14)21(17-8-6-5-7-9-17)22(25-20)23(28)24-15(2)19-13-27(4)26-16(19)3/h5-13,15,25H,1-4H3,(H,24,28)/t15-/m1/s1. The summed E-state index contributed by atoms with van der Waals surface area (Å²) < 4.78 is 1.77. The van der Waals surface area contributed by atoms with E-state index in [2.05, 4.69) is 34.5 Å². The van der Waals surface area contributed by atoms with Crippen LogP contribution in [0.25, 0.3) is 22.0 Å². The van der Waals surface area contributed by atoms with Gasteiger partial charge in [-0.25, -0.2) is 0 Å². The zero-order chi connectivity index (χ0) is 19.8. The zero-order valence-corrected chi connectivity index (χ0v) is 16.6. The number of aromatic nitrogens is 3. The van der Waals surface area contributed by atoms with Gasteiger partial charge in [-0.3, -0.25) is 9.48 Å². The summed E-state index contributed by atoms with van der Waals surface area (Å²) in [4.78, 5) is 16.6. The molecule has 2 heterocycles. The first-order chi connectivity index (χ1) is 13.4. The largest absolute Gasteiger partial charge is 0.350 e. The Balaban J connectivity index is 1.77. The molecule has 0 unspecified atom stereocenters. The number of H-pyrrole nitrogens is 1. The molecule has 4 aromatic rings. The normalized spacial score (nSPS) is 12.3. The molecule has 0 saturated carbocycles. The summed E-state index contributed by atoms with van der Waals surface area (Å²) in [6.07, 6.45) is 1.95. The highest BCUT2D eigenvalue weighted by Crippen LogP contribution is 2.33. The molecule has 0 bridgehead atoms. The Hall–Kier alpha value is -3.34. The summed E-state index contributed by atoms with van der Waals surface area (Å²) in [7, 11) is 1.89. The summed E-state index contributed by atoms with van der Waals surface area (Å²) in [5, 5.41) is 8.57. The van der Waals surface area contributed by atoms with Crippen molar-refractivity contribution in [2.45, 2.75) is 26.8 Å².